The van der Waals surface area contributed by atoms with Gasteiger partial charge in [-0.25, -0.2) is 0 Å². The third-order valence-electron chi connectivity index (χ3n) is 4.62. The molecular formula is C17H29N5O2. The van der Waals surface area contributed by atoms with E-state index in [1.807, 2.05) is 6.07 Å². The van der Waals surface area contributed by atoms with Crippen molar-refractivity contribution >= 4 is 5.96 Å². The van der Waals surface area contributed by atoms with Crippen molar-refractivity contribution in [3.8, 4) is 0 Å². The summed E-state index contributed by atoms with van der Waals surface area (Å²) in [4.78, 5) is 9.57. The van der Waals surface area contributed by atoms with Crippen molar-refractivity contribution in [1.29, 1.82) is 0 Å². The Morgan fingerprint density at radius 3 is 2.92 bits per heavy atom. The summed E-state index contributed by atoms with van der Waals surface area (Å²) in [5.41, 5.74) is 1.00. The molecule has 2 saturated heterocycles. The highest BCUT2D eigenvalue weighted by Crippen LogP contribution is 2.15. The maximum Gasteiger partial charge on any atom is 0.194 e. The van der Waals surface area contributed by atoms with Crippen molar-refractivity contribution in [3.05, 3.63) is 18.0 Å². The van der Waals surface area contributed by atoms with Crippen LogP contribution in [0.2, 0.25) is 0 Å². The van der Waals surface area contributed by atoms with E-state index in [0.717, 1.165) is 70.5 Å². The van der Waals surface area contributed by atoms with Crippen LogP contribution in [0.15, 0.2) is 21.8 Å². The van der Waals surface area contributed by atoms with E-state index in [1.165, 1.54) is 12.8 Å². The quantitative estimate of drug-likeness (QED) is 0.625. The number of nitrogens with one attached hydrogen (secondary N) is 1. The molecule has 3 heterocycles. The molecule has 0 amide bonds. The smallest absolute Gasteiger partial charge is 0.194 e. The Bertz CT molecular complexity index is 491. The molecule has 2 fully saturated rings. The number of ether oxygens (including phenoxy) is 1. The van der Waals surface area contributed by atoms with E-state index in [1.54, 1.807) is 6.26 Å². The lowest BCUT2D eigenvalue weighted by atomic mass is 10.2. The maximum atomic E-state index is 5.68. The molecule has 0 aliphatic carbocycles. The van der Waals surface area contributed by atoms with Crippen LogP contribution in [0.4, 0.5) is 0 Å². The van der Waals surface area contributed by atoms with Crippen LogP contribution in [0.3, 0.4) is 0 Å². The topological polar surface area (TPSA) is 66.1 Å². The molecule has 1 unspecified atom stereocenters. The summed E-state index contributed by atoms with van der Waals surface area (Å²) in [5, 5.41) is 7.42. The molecule has 0 spiro atoms. The molecule has 0 aromatic carbocycles. The summed E-state index contributed by atoms with van der Waals surface area (Å²) < 4.78 is 10.6. The second-order valence-electron chi connectivity index (χ2n) is 6.41. The van der Waals surface area contributed by atoms with E-state index < -0.39 is 0 Å². The van der Waals surface area contributed by atoms with Crippen LogP contribution in [0.1, 0.15) is 31.9 Å². The zero-order valence-electron chi connectivity index (χ0n) is 14.6. The van der Waals surface area contributed by atoms with Crippen LogP contribution in [-0.2, 0) is 11.3 Å². The van der Waals surface area contributed by atoms with E-state index in [0.29, 0.717) is 6.10 Å². The first-order chi connectivity index (χ1) is 11.8. The minimum absolute atomic E-state index is 0.413. The molecule has 7 heteroatoms. The minimum atomic E-state index is 0.413. The monoisotopic (exact) mass is 335 g/mol. The van der Waals surface area contributed by atoms with Crippen LogP contribution in [0.5, 0.6) is 0 Å². The third-order valence-corrected chi connectivity index (χ3v) is 4.62. The summed E-state index contributed by atoms with van der Waals surface area (Å²) in [6.07, 6.45) is 5.46. The standard InChI is InChI=1S/C17H29N5O2/c1-2-18-17(19-7-5-16-4-3-12-23-16)22-10-8-21(9-11-22)14-15-6-13-24-20-15/h6,13,16H,2-5,7-12,14H2,1H3,(H,18,19). The highest BCUT2D eigenvalue weighted by Gasteiger charge is 2.20. The highest BCUT2D eigenvalue weighted by molar-refractivity contribution is 5.80. The van der Waals surface area contributed by atoms with Crippen LogP contribution >= 0.6 is 0 Å². The molecule has 1 aromatic heterocycles. The third kappa shape index (κ3) is 4.95. The van der Waals surface area contributed by atoms with Crippen LogP contribution in [0.25, 0.3) is 0 Å². The molecular weight excluding hydrogens is 306 g/mol. The molecule has 1 aromatic rings. The number of piperazine rings is 1. The lowest BCUT2D eigenvalue weighted by Gasteiger charge is -2.36. The van der Waals surface area contributed by atoms with Crippen molar-refractivity contribution in [2.75, 3.05) is 45.9 Å². The molecule has 3 rings (SSSR count). The molecule has 2 aliphatic heterocycles. The van der Waals surface area contributed by atoms with Crippen molar-refractivity contribution in [2.45, 2.75) is 38.8 Å². The second-order valence-corrected chi connectivity index (χ2v) is 6.41. The predicted molar refractivity (Wildman–Crippen MR) is 92.9 cm³/mol. The van der Waals surface area contributed by atoms with E-state index in [-0.39, 0.29) is 0 Å². The molecule has 134 valence electrons. The summed E-state index contributed by atoms with van der Waals surface area (Å²) in [7, 11) is 0. The largest absolute Gasteiger partial charge is 0.378 e. The van der Waals surface area contributed by atoms with Gasteiger partial charge in [-0.05, 0) is 26.2 Å². The van der Waals surface area contributed by atoms with Crippen LogP contribution in [0, 0.1) is 0 Å². The zero-order chi connectivity index (χ0) is 16.6. The SMILES string of the molecule is CCNC(=NCCC1CCCO1)N1CCN(Cc2ccon2)CC1. The van der Waals surface area contributed by atoms with Gasteiger partial charge in [0, 0.05) is 58.5 Å². The van der Waals surface area contributed by atoms with Gasteiger partial charge in [0.1, 0.15) is 6.26 Å². The lowest BCUT2D eigenvalue weighted by Crippen LogP contribution is -2.52. The zero-order valence-corrected chi connectivity index (χ0v) is 14.6. The van der Waals surface area contributed by atoms with Gasteiger partial charge in [-0.2, -0.15) is 0 Å². The fourth-order valence-corrected chi connectivity index (χ4v) is 3.28. The Kier molecular flexibility index (Phi) is 6.48. The van der Waals surface area contributed by atoms with E-state index in [2.05, 4.69) is 27.2 Å². The van der Waals surface area contributed by atoms with Crippen molar-refractivity contribution < 1.29 is 9.26 Å². The summed E-state index contributed by atoms with van der Waals surface area (Å²) in [6, 6.07) is 1.93. The lowest BCUT2D eigenvalue weighted by molar-refractivity contribution is 0.106. The number of aliphatic imine (C=N–C) groups is 1. The molecule has 7 nitrogen and oxygen atoms in total. The average molecular weight is 335 g/mol. The molecule has 24 heavy (non-hydrogen) atoms. The Balaban J connectivity index is 1.45. The second kappa shape index (κ2) is 9.03. The van der Waals surface area contributed by atoms with Crippen molar-refractivity contribution in [2.24, 2.45) is 4.99 Å². The first kappa shape index (κ1) is 17.2. The van der Waals surface area contributed by atoms with Crippen molar-refractivity contribution in [3.63, 3.8) is 0 Å². The molecule has 0 bridgehead atoms. The Labute approximate surface area is 144 Å². The van der Waals surface area contributed by atoms with Gasteiger partial charge in [0.05, 0.1) is 11.8 Å². The van der Waals surface area contributed by atoms with E-state index in [4.69, 9.17) is 14.3 Å². The molecule has 0 saturated carbocycles. The minimum Gasteiger partial charge on any atom is -0.378 e. The van der Waals surface area contributed by atoms with Crippen molar-refractivity contribution in [1.82, 2.24) is 20.3 Å². The molecule has 2 aliphatic rings. The number of hydrogen-bond donors (Lipinski definition) is 1. The first-order valence-electron chi connectivity index (χ1n) is 9.11. The van der Waals surface area contributed by atoms with Gasteiger partial charge in [0.15, 0.2) is 5.96 Å². The van der Waals surface area contributed by atoms with Gasteiger partial charge in [0.2, 0.25) is 0 Å². The number of aromatic nitrogens is 1. The number of rotatable bonds is 6. The average Bonchev–Trinajstić information content (AvgIpc) is 3.29. The maximum absolute atomic E-state index is 5.68. The summed E-state index contributed by atoms with van der Waals surface area (Å²) >= 11 is 0. The predicted octanol–water partition coefficient (Wildman–Crippen LogP) is 1.33. The normalized spacial score (nSPS) is 23.0. The first-order valence-corrected chi connectivity index (χ1v) is 9.11. The molecule has 1 atom stereocenters. The fourth-order valence-electron chi connectivity index (χ4n) is 3.28. The van der Waals surface area contributed by atoms with Crippen LogP contribution in [-0.4, -0.2) is 72.9 Å². The molecule has 0 radical (unpaired) electrons. The van der Waals surface area contributed by atoms with Gasteiger partial charge < -0.3 is 19.5 Å². The van der Waals surface area contributed by atoms with Gasteiger partial charge in [-0.15, -0.1) is 0 Å². The van der Waals surface area contributed by atoms with E-state index in [9.17, 15) is 0 Å². The van der Waals surface area contributed by atoms with Gasteiger partial charge in [-0.3, -0.25) is 9.89 Å². The van der Waals surface area contributed by atoms with Gasteiger partial charge in [-0.1, -0.05) is 5.16 Å². The Morgan fingerprint density at radius 2 is 2.25 bits per heavy atom. The van der Waals surface area contributed by atoms with Gasteiger partial charge >= 0.3 is 0 Å². The highest BCUT2D eigenvalue weighted by atomic mass is 16.5. The number of nitrogens with zero attached hydrogens (tertiary/aromatic N) is 4. The number of hydrogen-bond acceptors (Lipinski definition) is 5. The van der Waals surface area contributed by atoms with E-state index >= 15 is 0 Å². The Hall–Kier alpha value is -1.60. The summed E-state index contributed by atoms with van der Waals surface area (Å²) in [5.74, 6) is 1.04. The van der Waals surface area contributed by atoms with Crippen LogP contribution < -0.4 is 5.32 Å². The summed E-state index contributed by atoms with van der Waals surface area (Å²) in [6.45, 7) is 9.65. The van der Waals surface area contributed by atoms with Gasteiger partial charge in [0.25, 0.3) is 0 Å². The molecule has 1 N–H and O–H groups in total. The Morgan fingerprint density at radius 1 is 1.38 bits per heavy atom. The fraction of sp³-hybridized carbons (Fsp3) is 0.765. The number of guanidine groups is 1.